The third-order valence-corrected chi connectivity index (χ3v) is 3.95. The van der Waals surface area contributed by atoms with Gasteiger partial charge in [-0.15, -0.1) is 0 Å². The summed E-state index contributed by atoms with van der Waals surface area (Å²) < 4.78 is 6.90. The summed E-state index contributed by atoms with van der Waals surface area (Å²) in [4.78, 5) is 23.8. The first-order chi connectivity index (χ1) is 11.1. The van der Waals surface area contributed by atoms with Gasteiger partial charge < -0.3 is 10.1 Å². The molecule has 1 amide bonds. The number of carbonyl (C=O) groups excluding carboxylic acids is 2. The Bertz CT molecular complexity index is 680. The van der Waals surface area contributed by atoms with E-state index in [9.17, 15) is 9.59 Å². The van der Waals surface area contributed by atoms with Gasteiger partial charge in [0.05, 0.1) is 12.1 Å². The van der Waals surface area contributed by atoms with E-state index in [4.69, 9.17) is 4.74 Å². The van der Waals surface area contributed by atoms with Crippen LogP contribution in [0.15, 0.2) is 42.7 Å². The molecule has 0 spiro atoms. The fourth-order valence-electron chi connectivity index (χ4n) is 2.36. The molecule has 23 heavy (non-hydrogen) atoms. The molecule has 2 atom stereocenters. The molecular weight excluding hydrogens is 294 g/mol. The third kappa shape index (κ3) is 3.97. The van der Waals surface area contributed by atoms with Crippen molar-refractivity contribution in [3.05, 3.63) is 48.3 Å². The quantitative estimate of drug-likeness (QED) is 0.831. The standard InChI is InChI=1S/C17H19N3O3/c1-12-11-15(12)16(21)19-14-5-3-13(4-6-14)17(22)23-10-9-20-8-2-7-18-20/h2-8,12,15H,9-11H2,1H3,(H,19,21)/t12-,15+/m1/s1. The summed E-state index contributed by atoms with van der Waals surface area (Å²) in [6.45, 7) is 2.84. The molecule has 0 saturated heterocycles. The first-order valence-corrected chi connectivity index (χ1v) is 7.69. The molecule has 1 aromatic carbocycles. The minimum absolute atomic E-state index is 0.0482. The zero-order chi connectivity index (χ0) is 16.2. The lowest BCUT2D eigenvalue weighted by Gasteiger charge is -2.07. The Hall–Kier alpha value is -2.63. The maximum absolute atomic E-state index is 11.9. The molecule has 0 unspecified atom stereocenters. The van der Waals surface area contributed by atoms with Gasteiger partial charge in [-0.25, -0.2) is 4.79 Å². The molecule has 1 aliphatic rings. The van der Waals surface area contributed by atoms with Crippen LogP contribution in [0.1, 0.15) is 23.7 Å². The summed E-state index contributed by atoms with van der Waals surface area (Å²) >= 11 is 0. The van der Waals surface area contributed by atoms with Gasteiger partial charge in [0.25, 0.3) is 0 Å². The molecule has 1 aliphatic carbocycles. The predicted octanol–water partition coefficient (Wildman–Crippen LogP) is 2.33. The molecule has 120 valence electrons. The molecule has 1 fully saturated rings. The Morgan fingerprint density at radius 3 is 2.70 bits per heavy atom. The van der Waals surface area contributed by atoms with Crippen molar-refractivity contribution in [1.82, 2.24) is 9.78 Å². The van der Waals surface area contributed by atoms with E-state index in [2.05, 4.69) is 17.3 Å². The largest absolute Gasteiger partial charge is 0.460 e. The van der Waals surface area contributed by atoms with E-state index < -0.39 is 0 Å². The smallest absolute Gasteiger partial charge is 0.338 e. The maximum atomic E-state index is 11.9. The molecule has 1 aromatic heterocycles. The van der Waals surface area contributed by atoms with Crippen molar-refractivity contribution >= 4 is 17.6 Å². The zero-order valence-corrected chi connectivity index (χ0v) is 12.9. The van der Waals surface area contributed by atoms with E-state index in [1.54, 1.807) is 35.1 Å². The summed E-state index contributed by atoms with van der Waals surface area (Å²) in [6.07, 6.45) is 4.44. The van der Waals surface area contributed by atoms with Gasteiger partial charge in [0.1, 0.15) is 6.61 Å². The van der Waals surface area contributed by atoms with Crippen LogP contribution in [0.5, 0.6) is 0 Å². The van der Waals surface area contributed by atoms with Gasteiger partial charge in [0, 0.05) is 24.0 Å². The highest BCUT2D eigenvalue weighted by molar-refractivity contribution is 5.95. The van der Waals surface area contributed by atoms with Gasteiger partial charge in [-0.05, 0) is 42.7 Å². The highest BCUT2D eigenvalue weighted by atomic mass is 16.5. The minimum atomic E-state index is -0.383. The van der Waals surface area contributed by atoms with Crippen LogP contribution in [0.4, 0.5) is 5.69 Å². The monoisotopic (exact) mass is 313 g/mol. The highest BCUT2D eigenvalue weighted by Gasteiger charge is 2.39. The molecule has 0 radical (unpaired) electrons. The second-order valence-electron chi connectivity index (χ2n) is 5.79. The van der Waals surface area contributed by atoms with Crippen LogP contribution in [0.3, 0.4) is 0 Å². The minimum Gasteiger partial charge on any atom is -0.460 e. The number of rotatable bonds is 6. The van der Waals surface area contributed by atoms with Gasteiger partial charge in [0.2, 0.25) is 5.91 Å². The van der Waals surface area contributed by atoms with Gasteiger partial charge in [-0.2, -0.15) is 5.10 Å². The predicted molar refractivity (Wildman–Crippen MR) is 84.9 cm³/mol. The third-order valence-electron chi connectivity index (χ3n) is 3.95. The van der Waals surface area contributed by atoms with Crippen molar-refractivity contribution in [2.75, 3.05) is 11.9 Å². The highest BCUT2D eigenvalue weighted by Crippen LogP contribution is 2.38. The summed E-state index contributed by atoms with van der Waals surface area (Å²) in [6, 6.07) is 8.56. The van der Waals surface area contributed by atoms with Gasteiger partial charge >= 0.3 is 5.97 Å². The Balaban J connectivity index is 1.48. The first kappa shape index (κ1) is 15.3. The molecule has 6 nitrogen and oxygen atoms in total. The van der Waals surface area contributed by atoms with Crippen molar-refractivity contribution in [1.29, 1.82) is 0 Å². The number of nitrogens with one attached hydrogen (secondary N) is 1. The van der Waals surface area contributed by atoms with E-state index >= 15 is 0 Å². The average molecular weight is 313 g/mol. The SMILES string of the molecule is C[C@@H]1C[C@@H]1C(=O)Nc1ccc(C(=O)OCCn2cccn2)cc1. The second-order valence-corrected chi connectivity index (χ2v) is 5.79. The second kappa shape index (κ2) is 6.64. The van der Waals surface area contributed by atoms with Crippen LogP contribution in [0, 0.1) is 11.8 Å². The maximum Gasteiger partial charge on any atom is 0.338 e. The summed E-state index contributed by atoms with van der Waals surface area (Å²) in [7, 11) is 0. The number of aromatic nitrogens is 2. The zero-order valence-electron chi connectivity index (χ0n) is 12.9. The fraction of sp³-hybridized carbons (Fsp3) is 0.353. The van der Waals surface area contributed by atoms with Crippen molar-refractivity contribution in [3.8, 4) is 0 Å². The van der Waals surface area contributed by atoms with Crippen LogP contribution in [0.25, 0.3) is 0 Å². The van der Waals surface area contributed by atoms with Crippen LogP contribution in [0.2, 0.25) is 0 Å². The number of amides is 1. The van der Waals surface area contributed by atoms with Crippen molar-refractivity contribution < 1.29 is 14.3 Å². The van der Waals surface area contributed by atoms with Crippen LogP contribution in [-0.2, 0) is 16.1 Å². The molecule has 1 N–H and O–H groups in total. The Morgan fingerprint density at radius 1 is 1.35 bits per heavy atom. The molecule has 1 heterocycles. The van der Waals surface area contributed by atoms with Gasteiger partial charge in [-0.3, -0.25) is 9.48 Å². The van der Waals surface area contributed by atoms with Crippen LogP contribution in [-0.4, -0.2) is 28.3 Å². The van der Waals surface area contributed by atoms with Crippen LogP contribution >= 0.6 is 0 Å². The summed E-state index contributed by atoms with van der Waals surface area (Å²) in [5.74, 6) is 0.263. The lowest BCUT2D eigenvalue weighted by Crippen LogP contribution is -2.15. The Kier molecular flexibility index (Phi) is 4.41. The van der Waals surface area contributed by atoms with Gasteiger partial charge in [0.15, 0.2) is 0 Å². The molecule has 0 aliphatic heterocycles. The van der Waals surface area contributed by atoms with E-state index in [-0.39, 0.29) is 24.4 Å². The molecule has 1 saturated carbocycles. The number of hydrogen-bond acceptors (Lipinski definition) is 4. The number of carbonyl (C=O) groups is 2. The van der Waals surface area contributed by atoms with Crippen LogP contribution < -0.4 is 5.32 Å². The van der Waals surface area contributed by atoms with E-state index in [0.29, 0.717) is 23.7 Å². The normalized spacial score (nSPS) is 19.2. The fourth-order valence-corrected chi connectivity index (χ4v) is 2.36. The van der Waals surface area contributed by atoms with E-state index in [0.717, 1.165) is 6.42 Å². The van der Waals surface area contributed by atoms with Crippen molar-refractivity contribution in [2.45, 2.75) is 19.9 Å². The van der Waals surface area contributed by atoms with E-state index in [1.807, 2.05) is 12.3 Å². The number of ether oxygens (including phenoxy) is 1. The number of benzene rings is 1. The van der Waals surface area contributed by atoms with Crippen molar-refractivity contribution in [3.63, 3.8) is 0 Å². The summed E-state index contributed by atoms with van der Waals surface area (Å²) in [5, 5.41) is 6.89. The molecule has 0 bridgehead atoms. The lowest BCUT2D eigenvalue weighted by atomic mass is 10.2. The molecular formula is C17H19N3O3. The molecule has 2 aromatic rings. The molecule has 3 rings (SSSR count). The van der Waals surface area contributed by atoms with E-state index in [1.165, 1.54) is 0 Å². The topological polar surface area (TPSA) is 73.2 Å². The Morgan fingerprint density at radius 2 is 2.09 bits per heavy atom. The number of esters is 1. The first-order valence-electron chi connectivity index (χ1n) is 7.69. The number of hydrogen-bond donors (Lipinski definition) is 1. The molecule has 6 heteroatoms. The number of anilines is 1. The summed E-state index contributed by atoms with van der Waals surface area (Å²) in [5.41, 5.74) is 1.16. The number of nitrogens with zero attached hydrogens (tertiary/aromatic N) is 2. The van der Waals surface area contributed by atoms with Crippen molar-refractivity contribution in [2.24, 2.45) is 11.8 Å². The Labute approximate surface area is 134 Å². The average Bonchev–Trinajstić information content (AvgIpc) is 3.06. The lowest BCUT2D eigenvalue weighted by molar-refractivity contribution is -0.117. The van der Waals surface area contributed by atoms with Gasteiger partial charge in [-0.1, -0.05) is 6.92 Å².